The van der Waals surface area contributed by atoms with Gasteiger partial charge in [0.05, 0.1) is 12.1 Å². The molecule has 1 saturated heterocycles. The van der Waals surface area contributed by atoms with Crippen LogP contribution in [0.4, 0.5) is 4.79 Å². The summed E-state index contributed by atoms with van der Waals surface area (Å²) in [6.45, 7) is 13.6. The second-order valence-electron chi connectivity index (χ2n) is 18.7. The fraction of sp³-hybridized carbons (Fsp3) is 0.309. The van der Waals surface area contributed by atoms with E-state index < -0.39 is 37.6 Å². The third kappa shape index (κ3) is 10.6. The summed E-state index contributed by atoms with van der Waals surface area (Å²) in [6, 6.07) is 61.4. The molecule has 1 aliphatic heterocycles. The van der Waals surface area contributed by atoms with Crippen LogP contribution in [0, 0.1) is 0 Å². The van der Waals surface area contributed by atoms with Gasteiger partial charge in [-0.2, -0.15) is 0 Å². The van der Waals surface area contributed by atoms with Crippen molar-refractivity contribution in [1.29, 1.82) is 0 Å². The van der Waals surface area contributed by atoms with E-state index in [0.29, 0.717) is 19.6 Å². The van der Waals surface area contributed by atoms with E-state index in [2.05, 4.69) is 165 Å². The summed E-state index contributed by atoms with van der Waals surface area (Å²) >= 11 is 0. The zero-order chi connectivity index (χ0) is 45.2. The first-order valence-electron chi connectivity index (χ1n) is 22.4. The summed E-state index contributed by atoms with van der Waals surface area (Å²) in [7, 11) is -3.00. The zero-order valence-electron chi connectivity index (χ0n) is 38.1. The molecule has 64 heavy (non-hydrogen) atoms. The summed E-state index contributed by atoms with van der Waals surface area (Å²) in [5.41, 5.74) is 2.58. The molecule has 0 bridgehead atoms. The number of likely N-dealkylation sites (tertiary alicyclic amines) is 1. The number of rotatable bonds is 16. The lowest BCUT2D eigenvalue weighted by Gasteiger charge is -2.45. The molecule has 332 valence electrons. The lowest BCUT2D eigenvalue weighted by Crippen LogP contribution is -2.68. The van der Waals surface area contributed by atoms with Crippen molar-refractivity contribution in [3.05, 3.63) is 204 Å². The van der Waals surface area contributed by atoms with E-state index >= 15 is 0 Å². The number of esters is 1. The van der Waals surface area contributed by atoms with E-state index in [1.807, 2.05) is 69.3 Å². The van der Waals surface area contributed by atoms with E-state index in [9.17, 15) is 9.59 Å². The maximum atomic E-state index is 13.9. The minimum absolute atomic E-state index is 0.114. The molecular formula is C55H63N3O5Si. The highest BCUT2D eigenvalue weighted by Gasteiger charge is 2.51. The number of hydrogen-bond donors (Lipinski definition) is 2. The first-order valence-corrected chi connectivity index (χ1v) is 24.3. The summed E-state index contributed by atoms with van der Waals surface area (Å²) in [6.07, 6.45) is -0.185. The van der Waals surface area contributed by atoms with Gasteiger partial charge in [0.25, 0.3) is 8.32 Å². The molecule has 0 aliphatic carbocycles. The molecular weight excluding hydrogens is 811 g/mol. The SMILES string of the molecule is CC(C)(C)OC(=O)N1C[C@@H](NC[C@@H](CO[Si](c2ccccc2)(c2ccccc2)C(C)(C)C)NC(c2ccccc2)(c2ccccc2)c2ccccc2)C[C@H]1C(=O)OCc1ccccc1. The average Bonchev–Trinajstić information content (AvgIpc) is 3.75. The van der Waals surface area contributed by atoms with Crippen molar-refractivity contribution in [3.63, 3.8) is 0 Å². The fourth-order valence-electron chi connectivity index (χ4n) is 9.12. The van der Waals surface area contributed by atoms with Crippen LogP contribution in [0.2, 0.25) is 5.04 Å². The molecule has 0 spiro atoms. The molecule has 1 amide bonds. The molecule has 0 aromatic heterocycles. The highest BCUT2D eigenvalue weighted by Crippen LogP contribution is 2.39. The number of ether oxygens (including phenoxy) is 2. The van der Waals surface area contributed by atoms with Crippen LogP contribution in [0.1, 0.15) is 70.2 Å². The van der Waals surface area contributed by atoms with Crippen LogP contribution in [0.3, 0.4) is 0 Å². The Labute approximate surface area is 381 Å². The molecule has 0 unspecified atom stereocenters. The van der Waals surface area contributed by atoms with Gasteiger partial charge in [0.2, 0.25) is 0 Å². The van der Waals surface area contributed by atoms with Crippen molar-refractivity contribution in [1.82, 2.24) is 15.5 Å². The molecule has 7 rings (SSSR count). The van der Waals surface area contributed by atoms with Gasteiger partial charge >= 0.3 is 12.1 Å². The van der Waals surface area contributed by atoms with Crippen molar-refractivity contribution >= 4 is 30.8 Å². The van der Waals surface area contributed by atoms with Crippen LogP contribution in [-0.4, -0.2) is 68.7 Å². The summed E-state index contributed by atoms with van der Waals surface area (Å²) in [4.78, 5) is 29.2. The lowest BCUT2D eigenvalue weighted by atomic mass is 9.76. The highest BCUT2D eigenvalue weighted by molar-refractivity contribution is 6.99. The van der Waals surface area contributed by atoms with Crippen molar-refractivity contribution < 1.29 is 23.5 Å². The zero-order valence-corrected chi connectivity index (χ0v) is 39.1. The Kier molecular flexibility index (Phi) is 14.7. The number of carbonyl (C=O) groups is 2. The molecule has 6 aromatic carbocycles. The lowest BCUT2D eigenvalue weighted by molar-refractivity contribution is -0.150. The van der Waals surface area contributed by atoms with Crippen molar-refractivity contribution in [2.45, 2.75) is 88.9 Å². The number of amides is 1. The van der Waals surface area contributed by atoms with E-state index in [1.54, 1.807) is 0 Å². The number of nitrogens with one attached hydrogen (secondary N) is 2. The van der Waals surface area contributed by atoms with Crippen LogP contribution in [0.25, 0.3) is 0 Å². The van der Waals surface area contributed by atoms with Gasteiger partial charge in [-0.05, 0) is 64.9 Å². The van der Waals surface area contributed by atoms with E-state index in [0.717, 1.165) is 22.3 Å². The van der Waals surface area contributed by atoms with Crippen LogP contribution in [-0.2, 0) is 30.8 Å². The Morgan fingerprint density at radius 3 is 1.52 bits per heavy atom. The number of nitrogens with zero attached hydrogens (tertiary/aromatic N) is 1. The number of hydrogen-bond acceptors (Lipinski definition) is 7. The topological polar surface area (TPSA) is 89.1 Å². The standard InChI is InChI=1S/C55H63N3O5Si/c1-53(2,3)63-52(60)58-39-46(37-50(58)51(59)61-40-42-25-13-7-14-26-42)56-38-47(41-62-64(54(4,5)6,48-33-21-11-22-34-48)49-35-23-12-24-36-49)57-55(43-27-15-8-16-28-43,44-29-17-9-18-30-44)45-31-19-10-20-32-45/h7-36,46-47,50,56-57H,37-41H2,1-6H3/t46-,47-,50-/m0/s1. The van der Waals surface area contributed by atoms with Crippen molar-refractivity contribution in [2.75, 3.05) is 19.7 Å². The van der Waals surface area contributed by atoms with E-state index in [-0.39, 0.29) is 30.3 Å². The Morgan fingerprint density at radius 1 is 0.641 bits per heavy atom. The van der Waals surface area contributed by atoms with Gasteiger partial charge in [-0.15, -0.1) is 0 Å². The average molecular weight is 874 g/mol. The molecule has 6 aromatic rings. The molecule has 1 aliphatic rings. The van der Waals surface area contributed by atoms with E-state index in [1.165, 1.54) is 15.3 Å². The molecule has 0 saturated carbocycles. The van der Waals surface area contributed by atoms with Gasteiger partial charge in [0, 0.05) is 25.2 Å². The minimum Gasteiger partial charge on any atom is -0.459 e. The predicted molar refractivity (Wildman–Crippen MR) is 259 cm³/mol. The fourth-order valence-corrected chi connectivity index (χ4v) is 13.7. The monoisotopic (exact) mass is 873 g/mol. The Morgan fingerprint density at radius 2 is 1.08 bits per heavy atom. The second-order valence-corrected chi connectivity index (χ2v) is 23.1. The summed E-state index contributed by atoms with van der Waals surface area (Å²) < 4.78 is 19.4. The maximum absolute atomic E-state index is 13.9. The van der Waals surface area contributed by atoms with Crippen LogP contribution < -0.4 is 21.0 Å². The van der Waals surface area contributed by atoms with Crippen molar-refractivity contribution in [3.8, 4) is 0 Å². The molecule has 1 fully saturated rings. The predicted octanol–water partition coefficient (Wildman–Crippen LogP) is 9.22. The van der Waals surface area contributed by atoms with Crippen LogP contribution >= 0.6 is 0 Å². The third-order valence-electron chi connectivity index (χ3n) is 12.0. The van der Waals surface area contributed by atoms with Gasteiger partial charge in [0.15, 0.2) is 0 Å². The Balaban J connectivity index is 1.28. The van der Waals surface area contributed by atoms with Crippen LogP contribution in [0.5, 0.6) is 0 Å². The Bertz CT molecular complexity index is 2240. The first kappa shape index (κ1) is 46.2. The Hall–Kier alpha value is -5.84. The van der Waals surface area contributed by atoms with Gasteiger partial charge < -0.3 is 19.2 Å². The van der Waals surface area contributed by atoms with Gasteiger partial charge in [-0.3, -0.25) is 10.2 Å². The first-order chi connectivity index (χ1) is 30.8. The molecule has 3 atom stereocenters. The normalized spacial score (nSPS) is 16.2. The summed E-state index contributed by atoms with van der Waals surface area (Å²) in [5, 5.41) is 10.2. The highest BCUT2D eigenvalue weighted by atomic mass is 28.4. The van der Waals surface area contributed by atoms with Gasteiger partial charge in [-0.1, -0.05) is 203 Å². The maximum Gasteiger partial charge on any atom is 0.411 e. The van der Waals surface area contributed by atoms with E-state index in [4.69, 9.17) is 13.9 Å². The van der Waals surface area contributed by atoms with Crippen LogP contribution in [0.15, 0.2) is 182 Å². The molecule has 8 nitrogen and oxygen atoms in total. The largest absolute Gasteiger partial charge is 0.459 e. The molecule has 0 radical (unpaired) electrons. The summed E-state index contributed by atoms with van der Waals surface area (Å²) in [5.74, 6) is -0.458. The van der Waals surface area contributed by atoms with Gasteiger partial charge in [0.1, 0.15) is 18.2 Å². The minimum atomic E-state index is -3.00. The van der Waals surface area contributed by atoms with Gasteiger partial charge in [-0.25, -0.2) is 9.59 Å². The smallest absolute Gasteiger partial charge is 0.411 e. The molecule has 1 heterocycles. The number of carbonyl (C=O) groups excluding carboxylic acids is 2. The molecule has 9 heteroatoms. The number of benzene rings is 6. The molecule has 2 N–H and O–H groups in total. The quantitative estimate of drug-likeness (QED) is 0.0570. The van der Waals surface area contributed by atoms with Crippen molar-refractivity contribution in [2.24, 2.45) is 0 Å². The third-order valence-corrected chi connectivity index (χ3v) is 17.0. The second kappa shape index (κ2) is 20.3.